The smallest absolute Gasteiger partial charge is 0.123 e. The van der Waals surface area contributed by atoms with Crippen LogP contribution in [-0.4, -0.2) is 18.6 Å². The van der Waals surface area contributed by atoms with Crippen molar-refractivity contribution in [1.29, 1.82) is 0 Å². The van der Waals surface area contributed by atoms with Crippen molar-refractivity contribution >= 4 is 11.3 Å². The van der Waals surface area contributed by atoms with E-state index in [1.165, 1.54) is 0 Å². The van der Waals surface area contributed by atoms with E-state index in [-0.39, 0.29) is 6.10 Å². The zero-order valence-electron chi connectivity index (χ0n) is 9.09. The van der Waals surface area contributed by atoms with E-state index in [0.717, 1.165) is 16.3 Å². The Morgan fingerprint density at radius 3 is 2.75 bits per heavy atom. The molecule has 4 heteroatoms. The SMILES string of the molecule is COC(CN)c1csc(-c2ccccc2)n1. The molecule has 1 unspecified atom stereocenters. The van der Waals surface area contributed by atoms with Crippen LogP contribution in [0.15, 0.2) is 35.7 Å². The lowest BCUT2D eigenvalue weighted by molar-refractivity contribution is 0.107. The largest absolute Gasteiger partial charge is 0.374 e. The second-order valence-corrected chi connectivity index (χ2v) is 4.26. The molecule has 2 rings (SSSR count). The molecule has 1 heterocycles. The lowest BCUT2D eigenvalue weighted by Gasteiger charge is -2.08. The third-order valence-electron chi connectivity index (χ3n) is 2.37. The molecule has 0 amide bonds. The number of hydrogen-bond donors (Lipinski definition) is 1. The quantitative estimate of drug-likeness (QED) is 0.884. The van der Waals surface area contributed by atoms with Crippen molar-refractivity contribution in [2.75, 3.05) is 13.7 Å². The van der Waals surface area contributed by atoms with Gasteiger partial charge in [0.25, 0.3) is 0 Å². The molecule has 16 heavy (non-hydrogen) atoms. The minimum Gasteiger partial charge on any atom is -0.374 e. The first-order valence-electron chi connectivity index (χ1n) is 5.09. The zero-order valence-corrected chi connectivity index (χ0v) is 9.91. The summed E-state index contributed by atoms with van der Waals surface area (Å²) in [5, 5.41) is 3.01. The van der Waals surface area contributed by atoms with Gasteiger partial charge in [-0.1, -0.05) is 30.3 Å². The molecule has 3 nitrogen and oxygen atoms in total. The van der Waals surface area contributed by atoms with Crippen molar-refractivity contribution in [3.8, 4) is 10.6 Å². The van der Waals surface area contributed by atoms with E-state index < -0.39 is 0 Å². The molecule has 0 spiro atoms. The van der Waals surface area contributed by atoms with Gasteiger partial charge >= 0.3 is 0 Å². The number of hydrogen-bond acceptors (Lipinski definition) is 4. The second kappa shape index (κ2) is 5.21. The van der Waals surface area contributed by atoms with E-state index in [1.54, 1.807) is 18.4 Å². The highest BCUT2D eigenvalue weighted by Crippen LogP contribution is 2.26. The number of methoxy groups -OCH3 is 1. The monoisotopic (exact) mass is 234 g/mol. The van der Waals surface area contributed by atoms with Gasteiger partial charge in [-0.3, -0.25) is 0 Å². The van der Waals surface area contributed by atoms with Crippen LogP contribution in [0.4, 0.5) is 0 Å². The fraction of sp³-hybridized carbons (Fsp3) is 0.250. The van der Waals surface area contributed by atoms with Crippen molar-refractivity contribution in [3.63, 3.8) is 0 Å². The van der Waals surface area contributed by atoms with Gasteiger partial charge in [-0.2, -0.15) is 0 Å². The summed E-state index contributed by atoms with van der Waals surface area (Å²) in [4.78, 5) is 4.54. The van der Waals surface area contributed by atoms with Crippen LogP contribution in [0.3, 0.4) is 0 Å². The minimum absolute atomic E-state index is 0.103. The lowest BCUT2D eigenvalue weighted by Crippen LogP contribution is -2.14. The van der Waals surface area contributed by atoms with Crippen LogP contribution >= 0.6 is 11.3 Å². The van der Waals surface area contributed by atoms with Gasteiger partial charge in [0, 0.05) is 24.6 Å². The summed E-state index contributed by atoms with van der Waals surface area (Å²) in [5.41, 5.74) is 7.64. The minimum atomic E-state index is -0.103. The topological polar surface area (TPSA) is 48.1 Å². The summed E-state index contributed by atoms with van der Waals surface area (Å²) < 4.78 is 5.25. The molecule has 1 atom stereocenters. The molecule has 0 fully saturated rings. The molecule has 84 valence electrons. The maximum absolute atomic E-state index is 5.60. The van der Waals surface area contributed by atoms with Gasteiger partial charge in [-0.05, 0) is 0 Å². The van der Waals surface area contributed by atoms with Gasteiger partial charge in [0.05, 0.1) is 5.69 Å². The molecule has 0 radical (unpaired) electrons. The van der Waals surface area contributed by atoms with E-state index in [0.29, 0.717) is 6.54 Å². The Labute approximate surface area is 98.9 Å². The predicted molar refractivity (Wildman–Crippen MR) is 66.4 cm³/mol. The van der Waals surface area contributed by atoms with Crippen LogP contribution in [0.2, 0.25) is 0 Å². The first-order chi connectivity index (χ1) is 7.85. The predicted octanol–water partition coefficient (Wildman–Crippen LogP) is 2.46. The van der Waals surface area contributed by atoms with Crippen LogP contribution in [-0.2, 0) is 4.74 Å². The first-order valence-corrected chi connectivity index (χ1v) is 5.97. The summed E-state index contributed by atoms with van der Waals surface area (Å²) in [6.07, 6.45) is -0.103. The summed E-state index contributed by atoms with van der Waals surface area (Å²) in [6.45, 7) is 0.453. The van der Waals surface area contributed by atoms with Crippen LogP contribution < -0.4 is 5.73 Å². The second-order valence-electron chi connectivity index (χ2n) is 3.40. The van der Waals surface area contributed by atoms with Crippen molar-refractivity contribution in [3.05, 3.63) is 41.4 Å². The molecule has 1 aromatic carbocycles. The molecular weight excluding hydrogens is 220 g/mol. The Kier molecular flexibility index (Phi) is 3.66. The zero-order chi connectivity index (χ0) is 11.4. The van der Waals surface area contributed by atoms with Crippen LogP contribution in [0.1, 0.15) is 11.8 Å². The average molecular weight is 234 g/mol. The maximum Gasteiger partial charge on any atom is 0.123 e. The van der Waals surface area contributed by atoms with Crippen molar-refractivity contribution < 1.29 is 4.74 Å². The number of thiazole rings is 1. The molecule has 0 aliphatic carbocycles. The Bertz CT molecular complexity index is 437. The molecule has 0 aliphatic heterocycles. The van der Waals surface area contributed by atoms with E-state index in [2.05, 4.69) is 4.98 Å². The fourth-order valence-corrected chi connectivity index (χ4v) is 2.35. The molecular formula is C12H14N2OS. The van der Waals surface area contributed by atoms with Gasteiger partial charge < -0.3 is 10.5 Å². The number of ether oxygens (including phenoxy) is 1. The highest BCUT2D eigenvalue weighted by Gasteiger charge is 2.12. The number of aromatic nitrogens is 1. The maximum atomic E-state index is 5.60. The van der Waals surface area contributed by atoms with Gasteiger partial charge in [0.2, 0.25) is 0 Å². The van der Waals surface area contributed by atoms with Crippen molar-refractivity contribution in [1.82, 2.24) is 4.98 Å². The normalized spacial score (nSPS) is 12.6. The molecule has 2 aromatic rings. The molecule has 2 N–H and O–H groups in total. The fourth-order valence-electron chi connectivity index (χ4n) is 1.49. The number of benzene rings is 1. The Morgan fingerprint density at radius 2 is 2.12 bits per heavy atom. The Balaban J connectivity index is 2.26. The highest BCUT2D eigenvalue weighted by atomic mass is 32.1. The number of rotatable bonds is 4. The highest BCUT2D eigenvalue weighted by molar-refractivity contribution is 7.13. The van der Waals surface area contributed by atoms with Gasteiger partial charge in [0.1, 0.15) is 11.1 Å². The average Bonchev–Trinajstić information content (AvgIpc) is 2.81. The molecule has 0 bridgehead atoms. The molecule has 0 aliphatic rings. The van der Waals surface area contributed by atoms with E-state index in [9.17, 15) is 0 Å². The third-order valence-corrected chi connectivity index (χ3v) is 3.28. The van der Waals surface area contributed by atoms with E-state index in [4.69, 9.17) is 10.5 Å². The standard InChI is InChI=1S/C12H14N2OS/c1-15-11(7-13)10-8-16-12(14-10)9-5-3-2-4-6-9/h2-6,8,11H,7,13H2,1H3. The van der Waals surface area contributed by atoms with Gasteiger partial charge in [-0.25, -0.2) is 4.98 Å². The Morgan fingerprint density at radius 1 is 1.38 bits per heavy atom. The van der Waals surface area contributed by atoms with Gasteiger partial charge in [-0.15, -0.1) is 11.3 Å². The first kappa shape index (κ1) is 11.3. The van der Waals surface area contributed by atoms with E-state index >= 15 is 0 Å². The lowest BCUT2D eigenvalue weighted by atomic mass is 10.2. The summed E-state index contributed by atoms with van der Waals surface area (Å²) >= 11 is 1.62. The number of nitrogens with zero attached hydrogens (tertiary/aromatic N) is 1. The van der Waals surface area contributed by atoms with Crippen molar-refractivity contribution in [2.24, 2.45) is 5.73 Å². The van der Waals surface area contributed by atoms with Crippen LogP contribution in [0.5, 0.6) is 0 Å². The van der Waals surface area contributed by atoms with Crippen molar-refractivity contribution in [2.45, 2.75) is 6.10 Å². The third kappa shape index (κ3) is 2.29. The summed E-state index contributed by atoms with van der Waals surface area (Å²) in [6, 6.07) is 10.1. The molecule has 0 saturated heterocycles. The molecule has 0 saturated carbocycles. The number of nitrogens with two attached hydrogens (primary N) is 1. The summed E-state index contributed by atoms with van der Waals surface area (Å²) in [5.74, 6) is 0. The molecule has 1 aromatic heterocycles. The summed E-state index contributed by atoms with van der Waals surface area (Å²) in [7, 11) is 1.65. The van der Waals surface area contributed by atoms with Crippen LogP contribution in [0, 0.1) is 0 Å². The van der Waals surface area contributed by atoms with Gasteiger partial charge in [0.15, 0.2) is 0 Å². The Hall–Kier alpha value is -1.23. The van der Waals surface area contributed by atoms with Crippen LogP contribution in [0.25, 0.3) is 10.6 Å². The van der Waals surface area contributed by atoms with E-state index in [1.807, 2.05) is 35.7 Å².